The lowest BCUT2D eigenvalue weighted by Gasteiger charge is -2.30. The second kappa shape index (κ2) is 7.45. The quantitative estimate of drug-likeness (QED) is 0.802. The number of hydrogen-bond donors (Lipinski definition) is 1. The highest BCUT2D eigenvalue weighted by atomic mass is 16.6. The zero-order chi connectivity index (χ0) is 20.6. The van der Waals surface area contributed by atoms with Crippen molar-refractivity contribution in [1.82, 2.24) is 10.2 Å². The van der Waals surface area contributed by atoms with Gasteiger partial charge in [-0.05, 0) is 64.2 Å². The lowest BCUT2D eigenvalue weighted by molar-refractivity contribution is -0.126. The van der Waals surface area contributed by atoms with Crippen molar-refractivity contribution in [2.45, 2.75) is 64.3 Å². The van der Waals surface area contributed by atoms with Gasteiger partial charge in [0.05, 0.1) is 18.7 Å². The first-order valence-electron chi connectivity index (χ1n) is 9.60. The van der Waals surface area contributed by atoms with E-state index in [9.17, 15) is 14.4 Å². The molecular formula is C21H28N2O5. The van der Waals surface area contributed by atoms with E-state index in [1.807, 2.05) is 27.7 Å². The van der Waals surface area contributed by atoms with Gasteiger partial charge in [0.1, 0.15) is 11.6 Å². The monoisotopic (exact) mass is 388 g/mol. The summed E-state index contributed by atoms with van der Waals surface area (Å²) in [7, 11) is 1.33. The number of esters is 1. The Hall–Kier alpha value is -2.57. The number of likely N-dealkylation sites (tertiary alicyclic amines) is 1. The number of ether oxygens (including phenoxy) is 2. The van der Waals surface area contributed by atoms with Crippen molar-refractivity contribution < 1.29 is 23.9 Å². The smallest absolute Gasteiger partial charge is 0.411 e. The van der Waals surface area contributed by atoms with Crippen molar-refractivity contribution in [2.24, 2.45) is 5.92 Å². The first kappa shape index (κ1) is 20.2. The zero-order valence-electron chi connectivity index (χ0n) is 17.0. The molecule has 1 aromatic carbocycles. The van der Waals surface area contributed by atoms with E-state index in [0.717, 1.165) is 12.0 Å². The zero-order valence-corrected chi connectivity index (χ0v) is 17.0. The minimum atomic E-state index is -0.597. The minimum Gasteiger partial charge on any atom is -0.465 e. The molecule has 0 bridgehead atoms. The molecule has 7 nitrogen and oxygen atoms in total. The van der Waals surface area contributed by atoms with Gasteiger partial charge in [0, 0.05) is 6.04 Å². The number of methoxy groups -OCH3 is 1. The summed E-state index contributed by atoms with van der Waals surface area (Å²) in [5.41, 5.74) is 0.726. The van der Waals surface area contributed by atoms with Crippen molar-refractivity contribution in [1.29, 1.82) is 0 Å². The van der Waals surface area contributed by atoms with Gasteiger partial charge in [-0.1, -0.05) is 12.1 Å². The Bertz CT molecular complexity index is 768. The van der Waals surface area contributed by atoms with Crippen LogP contribution in [-0.2, 0) is 14.3 Å². The summed E-state index contributed by atoms with van der Waals surface area (Å²) in [5.74, 6) is -0.193. The normalized spacial score (nSPS) is 24.2. The highest BCUT2D eigenvalue weighted by Crippen LogP contribution is 2.48. The molecule has 0 aromatic heterocycles. The van der Waals surface area contributed by atoms with Crippen LogP contribution in [0, 0.1) is 5.92 Å². The van der Waals surface area contributed by atoms with Crippen LogP contribution in [0.15, 0.2) is 24.3 Å². The van der Waals surface area contributed by atoms with Crippen molar-refractivity contribution in [3.8, 4) is 0 Å². The van der Waals surface area contributed by atoms with E-state index in [1.54, 1.807) is 29.2 Å². The van der Waals surface area contributed by atoms with E-state index in [0.29, 0.717) is 17.9 Å². The molecule has 2 fully saturated rings. The molecule has 1 saturated heterocycles. The number of carbonyl (C=O) groups is 3. The fourth-order valence-corrected chi connectivity index (χ4v) is 3.69. The van der Waals surface area contributed by atoms with Gasteiger partial charge < -0.3 is 14.8 Å². The Balaban J connectivity index is 1.64. The SMILES string of the molecule is COC(=O)c1ccc(C(C)NC(=O)C2CC3CC3N2C(=O)OC(C)(C)C)cc1. The largest absolute Gasteiger partial charge is 0.465 e. The van der Waals surface area contributed by atoms with Crippen LogP contribution in [0.25, 0.3) is 0 Å². The molecule has 2 aliphatic rings. The molecule has 1 N–H and O–H groups in total. The maximum atomic E-state index is 12.9. The van der Waals surface area contributed by atoms with Crippen LogP contribution in [0.5, 0.6) is 0 Å². The van der Waals surface area contributed by atoms with Gasteiger partial charge in [0.15, 0.2) is 0 Å². The average molecular weight is 388 g/mol. The lowest BCUT2D eigenvalue weighted by atomic mass is 10.0. The molecule has 1 aromatic rings. The number of amides is 2. The van der Waals surface area contributed by atoms with Crippen LogP contribution >= 0.6 is 0 Å². The van der Waals surface area contributed by atoms with E-state index < -0.39 is 23.7 Å². The Morgan fingerprint density at radius 2 is 1.79 bits per heavy atom. The summed E-state index contributed by atoms with van der Waals surface area (Å²) in [5, 5.41) is 2.99. The number of piperidine rings is 1. The number of nitrogens with zero attached hydrogens (tertiary/aromatic N) is 1. The molecule has 1 heterocycles. The van der Waals surface area contributed by atoms with Crippen LogP contribution in [0.4, 0.5) is 4.79 Å². The Kier molecular flexibility index (Phi) is 5.37. The average Bonchev–Trinajstić information content (AvgIpc) is 3.28. The number of nitrogens with one attached hydrogen (secondary N) is 1. The van der Waals surface area contributed by atoms with Gasteiger partial charge >= 0.3 is 12.1 Å². The second-order valence-corrected chi connectivity index (χ2v) is 8.55. The summed E-state index contributed by atoms with van der Waals surface area (Å²) in [6.45, 7) is 7.33. The van der Waals surface area contributed by atoms with Crippen molar-refractivity contribution in [3.05, 3.63) is 35.4 Å². The number of hydrogen-bond acceptors (Lipinski definition) is 5. The van der Waals surface area contributed by atoms with Crippen molar-refractivity contribution in [2.75, 3.05) is 7.11 Å². The number of carbonyl (C=O) groups excluding carboxylic acids is 3. The fourth-order valence-electron chi connectivity index (χ4n) is 3.69. The van der Waals surface area contributed by atoms with E-state index in [2.05, 4.69) is 5.32 Å². The van der Waals surface area contributed by atoms with Crippen LogP contribution in [0.2, 0.25) is 0 Å². The molecule has 7 heteroatoms. The van der Waals surface area contributed by atoms with Gasteiger partial charge in [-0.25, -0.2) is 9.59 Å². The van der Waals surface area contributed by atoms with E-state index >= 15 is 0 Å². The van der Waals surface area contributed by atoms with E-state index in [4.69, 9.17) is 9.47 Å². The van der Waals surface area contributed by atoms with Gasteiger partial charge in [-0.3, -0.25) is 9.69 Å². The van der Waals surface area contributed by atoms with Crippen LogP contribution in [0.1, 0.15) is 62.5 Å². The fraction of sp³-hybridized carbons (Fsp3) is 0.571. The standard InChI is InChI=1S/C21H28N2O5/c1-12(13-6-8-14(9-7-13)19(25)27-5)22-18(24)17-11-15-10-16(15)23(17)20(26)28-21(2,3)4/h6-9,12,15-17H,10-11H2,1-5H3,(H,22,24). The predicted molar refractivity (Wildman–Crippen MR) is 103 cm³/mol. The van der Waals surface area contributed by atoms with Crippen molar-refractivity contribution >= 4 is 18.0 Å². The summed E-state index contributed by atoms with van der Waals surface area (Å²) in [4.78, 5) is 38.6. The Morgan fingerprint density at radius 3 is 2.36 bits per heavy atom. The van der Waals surface area contributed by atoms with Crippen molar-refractivity contribution in [3.63, 3.8) is 0 Å². The minimum absolute atomic E-state index is 0.111. The summed E-state index contributed by atoms with van der Waals surface area (Å²) in [6, 6.07) is 6.26. The van der Waals surface area contributed by atoms with Gasteiger partial charge in [-0.15, -0.1) is 0 Å². The lowest BCUT2D eigenvalue weighted by Crippen LogP contribution is -2.49. The molecule has 0 spiro atoms. The molecule has 3 rings (SSSR count). The molecular weight excluding hydrogens is 360 g/mol. The molecule has 1 aliphatic heterocycles. The third kappa shape index (κ3) is 4.29. The third-order valence-electron chi connectivity index (χ3n) is 5.20. The predicted octanol–water partition coefficient (Wildman–Crippen LogP) is 3.05. The summed E-state index contributed by atoms with van der Waals surface area (Å²) >= 11 is 0. The third-order valence-corrected chi connectivity index (χ3v) is 5.20. The van der Waals surface area contributed by atoms with Crippen LogP contribution in [0.3, 0.4) is 0 Å². The summed E-state index contributed by atoms with van der Waals surface area (Å²) < 4.78 is 10.2. The molecule has 0 radical (unpaired) electrons. The summed E-state index contributed by atoms with van der Waals surface area (Å²) in [6.07, 6.45) is 1.19. The van der Waals surface area contributed by atoms with E-state index in [1.165, 1.54) is 7.11 Å². The highest BCUT2D eigenvalue weighted by Gasteiger charge is 2.57. The first-order chi connectivity index (χ1) is 13.1. The molecule has 2 amide bonds. The molecule has 28 heavy (non-hydrogen) atoms. The second-order valence-electron chi connectivity index (χ2n) is 8.55. The molecule has 1 aliphatic carbocycles. The van der Waals surface area contributed by atoms with Gasteiger partial charge in [-0.2, -0.15) is 0 Å². The number of rotatable bonds is 4. The van der Waals surface area contributed by atoms with Gasteiger partial charge in [0.25, 0.3) is 0 Å². The maximum absolute atomic E-state index is 12.9. The maximum Gasteiger partial charge on any atom is 0.411 e. The van der Waals surface area contributed by atoms with Crippen LogP contribution < -0.4 is 5.32 Å². The van der Waals surface area contributed by atoms with E-state index in [-0.39, 0.29) is 18.0 Å². The van der Waals surface area contributed by atoms with Gasteiger partial charge in [0.2, 0.25) is 5.91 Å². The first-order valence-corrected chi connectivity index (χ1v) is 9.60. The number of benzene rings is 1. The molecule has 152 valence electrons. The Labute approximate surface area is 165 Å². The highest BCUT2D eigenvalue weighted by molar-refractivity contribution is 5.89. The number of fused-ring (bicyclic) bond motifs is 1. The molecule has 4 atom stereocenters. The molecule has 4 unspecified atom stereocenters. The molecule has 1 saturated carbocycles. The topological polar surface area (TPSA) is 84.9 Å². The van der Waals surface area contributed by atoms with Crippen LogP contribution in [-0.4, -0.2) is 47.7 Å². The Morgan fingerprint density at radius 1 is 1.14 bits per heavy atom.